The minimum Gasteiger partial charge on any atom is -0.351 e. The molecule has 0 amide bonds. The molecule has 2 N–H and O–H groups in total. The summed E-state index contributed by atoms with van der Waals surface area (Å²) in [5.74, 6) is 1.07. The van der Waals surface area contributed by atoms with Crippen LogP contribution in [0.3, 0.4) is 0 Å². The van der Waals surface area contributed by atoms with Crippen molar-refractivity contribution in [1.29, 1.82) is 0 Å². The zero-order valence-electron chi connectivity index (χ0n) is 9.89. The number of fused-ring (bicyclic) bond motifs is 1. The van der Waals surface area contributed by atoms with Crippen molar-refractivity contribution in [2.24, 2.45) is 5.73 Å². The van der Waals surface area contributed by atoms with Gasteiger partial charge in [0.25, 0.3) is 0 Å². The average Bonchev–Trinajstić information content (AvgIpc) is 3.11. The third-order valence-corrected chi connectivity index (χ3v) is 4.22. The Morgan fingerprint density at radius 3 is 3.00 bits per heavy atom. The molecule has 17 heavy (non-hydrogen) atoms. The number of hydrogen-bond acceptors (Lipinski definition) is 5. The summed E-state index contributed by atoms with van der Waals surface area (Å²) in [6.45, 7) is 3.65. The lowest BCUT2D eigenvalue weighted by Gasteiger charge is -2.22. The SMILES string of the molecule is Cc1csc2c(N(CCN)C3CC3)ncnc12. The highest BCUT2D eigenvalue weighted by molar-refractivity contribution is 7.18. The van der Waals surface area contributed by atoms with Gasteiger partial charge in [-0.05, 0) is 30.7 Å². The molecule has 2 heterocycles. The monoisotopic (exact) mass is 248 g/mol. The summed E-state index contributed by atoms with van der Waals surface area (Å²) < 4.78 is 1.20. The Morgan fingerprint density at radius 1 is 1.47 bits per heavy atom. The van der Waals surface area contributed by atoms with Gasteiger partial charge < -0.3 is 10.6 Å². The van der Waals surface area contributed by atoms with E-state index in [4.69, 9.17) is 5.73 Å². The van der Waals surface area contributed by atoms with Gasteiger partial charge in [-0.1, -0.05) is 0 Å². The van der Waals surface area contributed by atoms with E-state index in [9.17, 15) is 0 Å². The highest BCUT2D eigenvalue weighted by Crippen LogP contribution is 2.36. The van der Waals surface area contributed by atoms with Gasteiger partial charge in [-0.2, -0.15) is 0 Å². The Labute approximate surface area is 104 Å². The highest BCUT2D eigenvalue weighted by atomic mass is 32.1. The molecule has 1 saturated carbocycles. The predicted octanol–water partition coefficient (Wildman–Crippen LogP) is 1.93. The molecule has 2 aromatic heterocycles. The van der Waals surface area contributed by atoms with E-state index >= 15 is 0 Å². The van der Waals surface area contributed by atoms with Gasteiger partial charge >= 0.3 is 0 Å². The lowest BCUT2D eigenvalue weighted by molar-refractivity contribution is 0.774. The van der Waals surface area contributed by atoms with E-state index < -0.39 is 0 Å². The molecule has 1 fully saturated rings. The van der Waals surface area contributed by atoms with E-state index in [0.717, 1.165) is 17.9 Å². The zero-order chi connectivity index (χ0) is 11.8. The summed E-state index contributed by atoms with van der Waals surface area (Å²) in [7, 11) is 0. The Hall–Kier alpha value is -1.20. The minimum absolute atomic E-state index is 0.638. The maximum atomic E-state index is 5.70. The van der Waals surface area contributed by atoms with E-state index in [2.05, 4.69) is 27.2 Å². The normalized spacial score (nSPS) is 15.4. The van der Waals surface area contributed by atoms with E-state index in [-0.39, 0.29) is 0 Å². The van der Waals surface area contributed by atoms with Crippen LogP contribution in [-0.4, -0.2) is 29.1 Å². The van der Waals surface area contributed by atoms with E-state index in [0.29, 0.717) is 12.6 Å². The number of thiophene rings is 1. The van der Waals surface area contributed by atoms with Gasteiger partial charge in [-0.25, -0.2) is 9.97 Å². The number of aromatic nitrogens is 2. The second kappa shape index (κ2) is 4.23. The summed E-state index contributed by atoms with van der Waals surface area (Å²) in [5.41, 5.74) is 8.02. The van der Waals surface area contributed by atoms with Crippen LogP contribution in [0.1, 0.15) is 18.4 Å². The van der Waals surface area contributed by atoms with Gasteiger partial charge in [0.05, 0.1) is 10.2 Å². The molecule has 0 unspecified atom stereocenters. The molecule has 0 radical (unpaired) electrons. The molecule has 3 rings (SSSR count). The Kier molecular flexibility index (Phi) is 2.72. The largest absolute Gasteiger partial charge is 0.351 e. The van der Waals surface area contributed by atoms with E-state index in [1.54, 1.807) is 17.7 Å². The summed E-state index contributed by atoms with van der Waals surface area (Å²) in [6, 6.07) is 0.638. The van der Waals surface area contributed by atoms with Crippen LogP contribution in [0.15, 0.2) is 11.7 Å². The smallest absolute Gasteiger partial charge is 0.150 e. The van der Waals surface area contributed by atoms with Crippen molar-refractivity contribution in [3.63, 3.8) is 0 Å². The first-order valence-electron chi connectivity index (χ1n) is 5.96. The molecule has 0 bridgehead atoms. The fourth-order valence-corrected chi connectivity index (χ4v) is 3.16. The molecule has 0 aliphatic heterocycles. The Morgan fingerprint density at radius 2 is 2.29 bits per heavy atom. The second-order valence-electron chi connectivity index (χ2n) is 4.51. The fourth-order valence-electron chi connectivity index (χ4n) is 2.15. The summed E-state index contributed by atoms with van der Waals surface area (Å²) >= 11 is 1.73. The van der Waals surface area contributed by atoms with Crippen LogP contribution in [0.4, 0.5) is 5.82 Å². The van der Waals surface area contributed by atoms with Crippen molar-refractivity contribution in [2.45, 2.75) is 25.8 Å². The Balaban J connectivity index is 2.08. The molecule has 2 aromatic rings. The molecule has 4 nitrogen and oxygen atoms in total. The molecule has 0 atom stereocenters. The average molecular weight is 248 g/mol. The van der Waals surface area contributed by atoms with Crippen molar-refractivity contribution in [2.75, 3.05) is 18.0 Å². The summed E-state index contributed by atoms with van der Waals surface area (Å²) in [6.07, 6.45) is 4.19. The van der Waals surface area contributed by atoms with Crippen LogP contribution >= 0.6 is 11.3 Å². The van der Waals surface area contributed by atoms with Crippen molar-refractivity contribution in [1.82, 2.24) is 9.97 Å². The summed E-state index contributed by atoms with van der Waals surface area (Å²) in [4.78, 5) is 11.2. The number of nitrogens with two attached hydrogens (primary N) is 1. The van der Waals surface area contributed by atoms with Crippen LogP contribution in [0, 0.1) is 6.92 Å². The van der Waals surface area contributed by atoms with Gasteiger partial charge in [0.1, 0.15) is 12.1 Å². The first kappa shape index (κ1) is 10.9. The van der Waals surface area contributed by atoms with Crippen LogP contribution in [-0.2, 0) is 0 Å². The number of nitrogens with zero attached hydrogens (tertiary/aromatic N) is 3. The van der Waals surface area contributed by atoms with Crippen molar-refractivity contribution >= 4 is 27.4 Å². The number of rotatable bonds is 4. The molecule has 1 aliphatic rings. The standard InChI is InChI=1S/C12H16N4S/c1-8-6-17-11-10(8)14-7-15-12(11)16(5-4-13)9-2-3-9/h6-7,9H,2-5,13H2,1H3. The maximum Gasteiger partial charge on any atom is 0.150 e. The molecule has 5 heteroatoms. The fraction of sp³-hybridized carbons (Fsp3) is 0.500. The van der Waals surface area contributed by atoms with Crippen molar-refractivity contribution in [3.05, 3.63) is 17.3 Å². The van der Waals surface area contributed by atoms with Crippen molar-refractivity contribution < 1.29 is 0 Å². The van der Waals surface area contributed by atoms with Crippen LogP contribution < -0.4 is 10.6 Å². The van der Waals surface area contributed by atoms with Gasteiger partial charge in [0, 0.05) is 19.1 Å². The topological polar surface area (TPSA) is 55.0 Å². The molecule has 0 aromatic carbocycles. The van der Waals surface area contributed by atoms with Crippen LogP contribution in [0.5, 0.6) is 0 Å². The predicted molar refractivity (Wildman–Crippen MR) is 71.6 cm³/mol. The van der Waals surface area contributed by atoms with Gasteiger partial charge in [0.15, 0.2) is 0 Å². The third-order valence-electron chi connectivity index (χ3n) is 3.14. The van der Waals surface area contributed by atoms with Gasteiger partial charge in [-0.15, -0.1) is 11.3 Å². The number of aryl methyl sites for hydroxylation is 1. The summed E-state index contributed by atoms with van der Waals surface area (Å²) in [5, 5.41) is 2.15. The zero-order valence-corrected chi connectivity index (χ0v) is 10.7. The molecule has 0 saturated heterocycles. The van der Waals surface area contributed by atoms with E-state index in [1.807, 2.05) is 0 Å². The number of anilines is 1. The van der Waals surface area contributed by atoms with Gasteiger partial charge in [-0.3, -0.25) is 0 Å². The molecule has 90 valence electrons. The van der Waals surface area contributed by atoms with Gasteiger partial charge in [0.2, 0.25) is 0 Å². The lowest BCUT2D eigenvalue weighted by atomic mass is 10.3. The lowest BCUT2D eigenvalue weighted by Crippen LogP contribution is -2.32. The third kappa shape index (κ3) is 1.89. The maximum absolute atomic E-state index is 5.70. The highest BCUT2D eigenvalue weighted by Gasteiger charge is 2.30. The quantitative estimate of drug-likeness (QED) is 0.898. The van der Waals surface area contributed by atoms with Crippen molar-refractivity contribution in [3.8, 4) is 0 Å². The number of hydrogen-bond donors (Lipinski definition) is 1. The first-order chi connectivity index (χ1) is 8.31. The second-order valence-corrected chi connectivity index (χ2v) is 5.39. The molecule has 0 spiro atoms. The minimum atomic E-state index is 0.638. The van der Waals surface area contributed by atoms with Crippen LogP contribution in [0.25, 0.3) is 10.2 Å². The van der Waals surface area contributed by atoms with Crippen LogP contribution in [0.2, 0.25) is 0 Å². The Bertz CT molecular complexity index is 532. The molecular formula is C12H16N4S. The van der Waals surface area contributed by atoms with E-state index in [1.165, 1.54) is 23.1 Å². The molecule has 1 aliphatic carbocycles. The molecular weight excluding hydrogens is 232 g/mol. The first-order valence-corrected chi connectivity index (χ1v) is 6.84.